The number of benzene rings is 1. The molecule has 0 saturated carbocycles. The van der Waals surface area contributed by atoms with E-state index in [1.54, 1.807) is 0 Å². The highest BCUT2D eigenvalue weighted by Gasteiger charge is 2.35. The largest absolute Gasteiger partial charge is 0.481 e. The molecule has 0 saturated heterocycles. The molecule has 0 bridgehead atoms. The molecule has 1 aromatic carbocycles. The zero-order valence-electron chi connectivity index (χ0n) is 11.1. The molecule has 2 atom stereocenters. The van der Waals surface area contributed by atoms with Crippen molar-refractivity contribution in [3.05, 3.63) is 29.8 Å². The van der Waals surface area contributed by atoms with Gasteiger partial charge in [-0.25, -0.2) is 0 Å². The first-order valence-electron chi connectivity index (χ1n) is 6.35. The first-order chi connectivity index (χ1) is 8.38. The van der Waals surface area contributed by atoms with Crippen molar-refractivity contribution in [1.82, 2.24) is 0 Å². The predicted octanol–water partition coefficient (Wildman–Crippen LogP) is 3.84. The fourth-order valence-electron chi connectivity index (χ4n) is 2.47. The molecule has 0 fully saturated rings. The van der Waals surface area contributed by atoms with Crippen LogP contribution in [0.15, 0.2) is 29.2 Å². The molecule has 0 radical (unpaired) electrons. The third-order valence-corrected chi connectivity index (χ3v) is 4.90. The van der Waals surface area contributed by atoms with E-state index in [9.17, 15) is 9.90 Å². The third kappa shape index (κ3) is 2.89. The Kier molecular flexibility index (Phi) is 3.71. The second-order valence-corrected chi connectivity index (χ2v) is 7.39. The summed E-state index contributed by atoms with van der Waals surface area (Å²) in [5.74, 6) is -0.941. The number of hydrogen-bond acceptors (Lipinski definition) is 2. The number of aliphatic carboxylic acids is 1. The van der Waals surface area contributed by atoms with Crippen LogP contribution in [0.5, 0.6) is 0 Å². The second-order valence-electron chi connectivity index (χ2n) is 6.04. The van der Waals surface area contributed by atoms with Gasteiger partial charge >= 0.3 is 5.97 Å². The number of carbonyl (C=O) groups is 1. The van der Waals surface area contributed by atoms with Gasteiger partial charge in [-0.3, -0.25) is 4.79 Å². The van der Waals surface area contributed by atoms with Gasteiger partial charge in [0.05, 0.1) is 5.92 Å². The van der Waals surface area contributed by atoms with E-state index in [-0.39, 0.29) is 11.3 Å². The first-order valence-corrected chi connectivity index (χ1v) is 7.23. The Balaban J connectivity index is 2.06. The predicted molar refractivity (Wildman–Crippen MR) is 75.0 cm³/mol. The van der Waals surface area contributed by atoms with E-state index in [2.05, 4.69) is 18.2 Å². The molecule has 1 N–H and O–H groups in total. The van der Waals surface area contributed by atoms with Crippen LogP contribution >= 0.6 is 11.8 Å². The van der Waals surface area contributed by atoms with Gasteiger partial charge in [-0.2, -0.15) is 0 Å². The molecule has 3 heteroatoms. The second kappa shape index (κ2) is 4.96. The van der Waals surface area contributed by atoms with E-state index in [0.717, 1.165) is 12.8 Å². The van der Waals surface area contributed by atoms with E-state index in [0.29, 0.717) is 5.25 Å². The van der Waals surface area contributed by atoms with Crippen molar-refractivity contribution in [3.63, 3.8) is 0 Å². The van der Waals surface area contributed by atoms with Crippen LogP contribution in [0.4, 0.5) is 0 Å². The van der Waals surface area contributed by atoms with Gasteiger partial charge in [0.2, 0.25) is 0 Å². The van der Waals surface area contributed by atoms with Gasteiger partial charge in [-0.15, -0.1) is 11.8 Å². The summed E-state index contributed by atoms with van der Waals surface area (Å²) in [6.07, 6.45) is 1.75. The van der Waals surface area contributed by atoms with Crippen molar-refractivity contribution in [2.75, 3.05) is 0 Å². The average molecular weight is 264 g/mol. The number of fused-ring (bicyclic) bond motifs is 1. The standard InChI is InChI=1S/C15H20O2S/c1-15(2,3)12(14(16)17)9-11-8-10-6-4-5-7-13(10)18-11/h4-7,11-12H,8-9H2,1-3H3,(H,16,17). The quantitative estimate of drug-likeness (QED) is 0.901. The van der Waals surface area contributed by atoms with Crippen LogP contribution in [-0.2, 0) is 11.2 Å². The summed E-state index contributed by atoms with van der Waals surface area (Å²) in [6.45, 7) is 6.04. The lowest BCUT2D eigenvalue weighted by molar-refractivity contribution is -0.145. The Morgan fingerprint density at radius 2 is 2.11 bits per heavy atom. The molecule has 18 heavy (non-hydrogen) atoms. The maximum absolute atomic E-state index is 11.4. The lowest BCUT2D eigenvalue weighted by Crippen LogP contribution is -2.31. The Hall–Kier alpha value is -0.960. The van der Waals surface area contributed by atoms with Gasteiger partial charge in [-0.05, 0) is 29.9 Å². The van der Waals surface area contributed by atoms with Crippen LogP contribution in [0, 0.1) is 11.3 Å². The summed E-state index contributed by atoms with van der Waals surface area (Å²) in [6, 6.07) is 8.38. The van der Waals surface area contributed by atoms with Gasteiger partial charge in [0, 0.05) is 10.1 Å². The highest BCUT2D eigenvalue weighted by molar-refractivity contribution is 8.00. The summed E-state index contributed by atoms with van der Waals surface area (Å²) in [4.78, 5) is 12.7. The van der Waals surface area contributed by atoms with E-state index < -0.39 is 5.97 Å². The molecule has 0 amide bonds. The smallest absolute Gasteiger partial charge is 0.307 e. The Morgan fingerprint density at radius 1 is 1.44 bits per heavy atom. The lowest BCUT2D eigenvalue weighted by atomic mass is 9.77. The Labute approximate surface area is 113 Å². The SMILES string of the molecule is CC(C)(C)C(CC1Cc2ccccc2S1)C(=O)O. The van der Waals surface area contributed by atoms with Crippen LogP contribution in [0.3, 0.4) is 0 Å². The minimum absolute atomic E-state index is 0.179. The molecule has 2 rings (SSSR count). The van der Waals surface area contributed by atoms with Crippen molar-refractivity contribution < 1.29 is 9.90 Å². The van der Waals surface area contributed by atoms with Crippen LogP contribution in [0.2, 0.25) is 0 Å². The Morgan fingerprint density at radius 3 is 2.67 bits per heavy atom. The van der Waals surface area contributed by atoms with Crippen molar-refractivity contribution in [2.45, 2.75) is 43.8 Å². The zero-order chi connectivity index (χ0) is 13.3. The highest BCUT2D eigenvalue weighted by Crippen LogP contribution is 2.42. The minimum Gasteiger partial charge on any atom is -0.481 e. The molecule has 1 aliphatic rings. The molecule has 0 spiro atoms. The molecule has 1 aliphatic heterocycles. The summed E-state index contributed by atoms with van der Waals surface area (Å²) in [7, 11) is 0. The van der Waals surface area contributed by atoms with Crippen molar-refractivity contribution in [2.24, 2.45) is 11.3 Å². The maximum Gasteiger partial charge on any atom is 0.307 e. The van der Waals surface area contributed by atoms with Crippen molar-refractivity contribution in [1.29, 1.82) is 0 Å². The molecule has 2 unspecified atom stereocenters. The summed E-state index contributed by atoms with van der Waals surface area (Å²) in [5, 5.41) is 9.78. The number of hydrogen-bond donors (Lipinski definition) is 1. The van der Waals surface area contributed by atoms with Gasteiger partial charge in [-0.1, -0.05) is 39.0 Å². The van der Waals surface area contributed by atoms with Gasteiger partial charge in [0.15, 0.2) is 0 Å². The summed E-state index contributed by atoms with van der Waals surface area (Å²) >= 11 is 1.83. The molecular weight excluding hydrogens is 244 g/mol. The van der Waals surface area contributed by atoms with E-state index in [1.807, 2.05) is 38.6 Å². The monoisotopic (exact) mass is 264 g/mol. The molecular formula is C15H20O2S. The Bertz CT molecular complexity index is 423. The number of carboxylic acids is 1. The fourth-order valence-corrected chi connectivity index (χ4v) is 3.84. The maximum atomic E-state index is 11.4. The van der Waals surface area contributed by atoms with E-state index in [1.165, 1.54) is 10.5 Å². The highest BCUT2D eigenvalue weighted by atomic mass is 32.2. The van der Waals surface area contributed by atoms with Gasteiger partial charge in [0.1, 0.15) is 0 Å². The lowest BCUT2D eigenvalue weighted by Gasteiger charge is -2.28. The molecule has 0 aliphatic carbocycles. The van der Waals surface area contributed by atoms with E-state index in [4.69, 9.17) is 0 Å². The van der Waals surface area contributed by atoms with Crippen LogP contribution in [0.25, 0.3) is 0 Å². The molecule has 1 heterocycles. The van der Waals surface area contributed by atoms with Crippen molar-refractivity contribution >= 4 is 17.7 Å². The molecule has 98 valence electrons. The molecule has 1 aromatic rings. The average Bonchev–Trinajstić information content (AvgIpc) is 2.66. The van der Waals surface area contributed by atoms with Crippen molar-refractivity contribution in [3.8, 4) is 0 Å². The molecule has 2 nitrogen and oxygen atoms in total. The number of rotatable bonds is 3. The van der Waals surface area contributed by atoms with E-state index >= 15 is 0 Å². The van der Waals surface area contributed by atoms with Crippen LogP contribution < -0.4 is 0 Å². The normalized spacial score (nSPS) is 20.5. The topological polar surface area (TPSA) is 37.3 Å². The number of carboxylic acid groups (broad SMARTS) is 1. The summed E-state index contributed by atoms with van der Waals surface area (Å²) < 4.78 is 0. The first kappa shape index (κ1) is 13.5. The van der Waals surface area contributed by atoms with Crippen LogP contribution in [0.1, 0.15) is 32.8 Å². The fraction of sp³-hybridized carbons (Fsp3) is 0.533. The third-order valence-electron chi connectivity index (χ3n) is 3.56. The zero-order valence-corrected chi connectivity index (χ0v) is 12.0. The summed E-state index contributed by atoms with van der Waals surface area (Å²) in [5.41, 5.74) is 1.19. The number of thioether (sulfide) groups is 1. The van der Waals surface area contributed by atoms with Gasteiger partial charge < -0.3 is 5.11 Å². The van der Waals surface area contributed by atoms with Gasteiger partial charge in [0.25, 0.3) is 0 Å². The molecule has 0 aromatic heterocycles. The van der Waals surface area contributed by atoms with Crippen LogP contribution in [-0.4, -0.2) is 16.3 Å². The minimum atomic E-state index is -0.668.